The van der Waals surface area contributed by atoms with Gasteiger partial charge in [-0.3, -0.25) is 9.78 Å². The van der Waals surface area contributed by atoms with Crippen LogP contribution in [0.4, 0.5) is 0 Å². The predicted octanol–water partition coefficient (Wildman–Crippen LogP) is 3.17. The van der Waals surface area contributed by atoms with E-state index in [1.807, 2.05) is 35.7 Å². The molecule has 7 heteroatoms. The molecular weight excluding hydrogens is 338 g/mol. The van der Waals surface area contributed by atoms with Crippen molar-refractivity contribution in [1.29, 1.82) is 0 Å². The minimum atomic E-state index is -0.913. The van der Waals surface area contributed by atoms with Gasteiger partial charge in [-0.1, -0.05) is 17.3 Å². The topological polar surface area (TPSA) is 79.5 Å². The monoisotopic (exact) mass is 357 g/mol. The lowest BCUT2D eigenvalue weighted by Crippen LogP contribution is -2.30. The largest absolute Gasteiger partial charge is 0.385 e. The molecule has 3 aromatic heterocycles. The van der Waals surface area contributed by atoms with E-state index in [0.717, 1.165) is 10.6 Å². The summed E-state index contributed by atoms with van der Waals surface area (Å²) in [6, 6.07) is 9.47. The van der Waals surface area contributed by atoms with E-state index >= 15 is 0 Å². The molecule has 0 aromatic carbocycles. The number of hydrogen-bond acceptors (Lipinski definition) is 6. The Labute approximate surface area is 149 Å². The number of rotatable bonds is 6. The van der Waals surface area contributed by atoms with Crippen LogP contribution in [0.15, 0.2) is 46.4 Å². The first kappa shape index (κ1) is 17.3. The van der Waals surface area contributed by atoms with Gasteiger partial charge in [0.1, 0.15) is 17.4 Å². The maximum atomic E-state index is 13.0. The Morgan fingerprint density at radius 2 is 2.20 bits per heavy atom. The van der Waals surface area contributed by atoms with Crippen molar-refractivity contribution in [2.75, 3.05) is 13.6 Å². The summed E-state index contributed by atoms with van der Waals surface area (Å²) in [6.07, 6.45) is 1.47. The number of carbonyl (C=O) groups excluding carboxylic acids is 1. The third kappa shape index (κ3) is 3.78. The number of thiophene rings is 1. The van der Waals surface area contributed by atoms with Crippen molar-refractivity contribution in [3.63, 3.8) is 0 Å². The lowest BCUT2D eigenvalue weighted by Gasteiger charge is -2.17. The Balaban J connectivity index is 1.84. The molecule has 1 N–H and O–H groups in total. The van der Waals surface area contributed by atoms with Gasteiger partial charge < -0.3 is 14.5 Å². The standard InChI is InChI=1S/C18H19N3O3S/c1-12(22)17-15(16(20-24-17)14-7-5-11-25-14)18(23)21(2)10-8-13-6-3-4-9-19-13/h3-7,9,11-12,22H,8,10H2,1-2H3. The molecular formula is C18H19N3O3S. The lowest BCUT2D eigenvalue weighted by atomic mass is 10.1. The minimum Gasteiger partial charge on any atom is -0.385 e. The number of nitrogens with zero attached hydrogens (tertiary/aromatic N) is 3. The number of pyridine rings is 1. The van der Waals surface area contributed by atoms with Gasteiger partial charge in [-0.25, -0.2) is 0 Å². The van der Waals surface area contributed by atoms with Crippen molar-refractivity contribution in [3.05, 3.63) is 58.9 Å². The Morgan fingerprint density at radius 3 is 2.84 bits per heavy atom. The molecule has 3 rings (SSSR count). The molecule has 1 atom stereocenters. The van der Waals surface area contributed by atoms with Crippen molar-refractivity contribution in [2.24, 2.45) is 0 Å². The molecule has 0 saturated carbocycles. The van der Waals surface area contributed by atoms with Gasteiger partial charge in [-0.2, -0.15) is 0 Å². The fourth-order valence-electron chi connectivity index (χ4n) is 2.50. The summed E-state index contributed by atoms with van der Waals surface area (Å²) in [5.41, 5.74) is 1.71. The maximum absolute atomic E-state index is 13.0. The van der Waals surface area contributed by atoms with Gasteiger partial charge in [0.05, 0.1) is 4.88 Å². The van der Waals surface area contributed by atoms with E-state index in [4.69, 9.17) is 4.52 Å². The Kier molecular flexibility index (Phi) is 5.25. The van der Waals surface area contributed by atoms with Crippen LogP contribution in [0.5, 0.6) is 0 Å². The Bertz CT molecular complexity index is 829. The summed E-state index contributed by atoms with van der Waals surface area (Å²) in [7, 11) is 1.72. The number of likely N-dealkylation sites (N-methyl/N-ethyl adjacent to an activating group) is 1. The number of hydrogen-bond donors (Lipinski definition) is 1. The van der Waals surface area contributed by atoms with Crippen molar-refractivity contribution >= 4 is 17.2 Å². The molecule has 0 aliphatic heterocycles. The summed E-state index contributed by atoms with van der Waals surface area (Å²) in [4.78, 5) is 19.7. The molecule has 0 spiro atoms. The second kappa shape index (κ2) is 7.58. The van der Waals surface area contributed by atoms with Crippen LogP contribution in [0.2, 0.25) is 0 Å². The number of aliphatic hydroxyl groups excluding tert-OH is 1. The molecule has 3 heterocycles. The van der Waals surface area contributed by atoms with Crippen LogP contribution >= 0.6 is 11.3 Å². The van der Waals surface area contributed by atoms with Gasteiger partial charge in [0.2, 0.25) is 0 Å². The molecule has 0 aliphatic carbocycles. The highest BCUT2D eigenvalue weighted by molar-refractivity contribution is 7.13. The summed E-state index contributed by atoms with van der Waals surface area (Å²) in [6.45, 7) is 2.06. The average Bonchev–Trinajstić information content (AvgIpc) is 3.28. The normalized spacial score (nSPS) is 12.1. The average molecular weight is 357 g/mol. The summed E-state index contributed by atoms with van der Waals surface area (Å²) >= 11 is 1.47. The van der Waals surface area contributed by atoms with E-state index in [1.54, 1.807) is 25.1 Å². The second-order valence-corrected chi connectivity index (χ2v) is 6.67. The molecule has 0 bridgehead atoms. The molecule has 0 aliphatic rings. The summed E-state index contributed by atoms with van der Waals surface area (Å²) in [5, 5.41) is 15.9. The van der Waals surface area contributed by atoms with Gasteiger partial charge in [0.15, 0.2) is 5.76 Å². The van der Waals surface area contributed by atoms with E-state index in [-0.39, 0.29) is 11.7 Å². The van der Waals surface area contributed by atoms with Crippen molar-refractivity contribution in [3.8, 4) is 10.6 Å². The molecule has 6 nitrogen and oxygen atoms in total. The molecule has 0 fully saturated rings. The third-order valence-corrected chi connectivity index (χ3v) is 4.72. The third-order valence-electron chi connectivity index (χ3n) is 3.84. The van der Waals surface area contributed by atoms with E-state index < -0.39 is 6.10 Å². The highest BCUT2D eigenvalue weighted by Crippen LogP contribution is 2.32. The van der Waals surface area contributed by atoms with Crippen LogP contribution < -0.4 is 0 Å². The highest BCUT2D eigenvalue weighted by atomic mass is 32.1. The number of aromatic nitrogens is 2. The second-order valence-electron chi connectivity index (χ2n) is 5.72. The number of carbonyl (C=O) groups is 1. The van der Waals surface area contributed by atoms with Crippen LogP contribution in [-0.2, 0) is 6.42 Å². The fraction of sp³-hybridized carbons (Fsp3) is 0.278. The van der Waals surface area contributed by atoms with E-state index in [0.29, 0.717) is 24.2 Å². The van der Waals surface area contributed by atoms with Crippen LogP contribution in [0.25, 0.3) is 10.6 Å². The predicted molar refractivity (Wildman–Crippen MR) is 95.4 cm³/mol. The lowest BCUT2D eigenvalue weighted by molar-refractivity contribution is 0.0784. The first-order chi connectivity index (χ1) is 12.1. The molecule has 3 aromatic rings. The first-order valence-electron chi connectivity index (χ1n) is 7.94. The van der Waals surface area contributed by atoms with Crippen molar-refractivity contribution in [1.82, 2.24) is 15.0 Å². The molecule has 0 saturated heterocycles. The van der Waals surface area contributed by atoms with Gasteiger partial charge in [-0.15, -0.1) is 11.3 Å². The van der Waals surface area contributed by atoms with Gasteiger partial charge in [0.25, 0.3) is 5.91 Å². The molecule has 1 unspecified atom stereocenters. The van der Waals surface area contributed by atoms with E-state index in [9.17, 15) is 9.90 Å². The zero-order valence-corrected chi connectivity index (χ0v) is 14.9. The smallest absolute Gasteiger partial charge is 0.259 e. The zero-order valence-electron chi connectivity index (χ0n) is 14.0. The van der Waals surface area contributed by atoms with Crippen LogP contribution in [0, 0.1) is 0 Å². The zero-order chi connectivity index (χ0) is 17.8. The van der Waals surface area contributed by atoms with Crippen LogP contribution in [0.3, 0.4) is 0 Å². The Hall–Kier alpha value is -2.51. The molecule has 0 radical (unpaired) electrons. The molecule has 130 valence electrons. The minimum absolute atomic E-state index is 0.193. The number of amides is 1. The summed E-state index contributed by atoms with van der Waals surface area (Å²) < 4.78 is 5.26. The number of aliphatic hydroxyl groups is 1. The molecule has 1 amide bonds. The summed E-state index contributed by atoms with van der Waals surface area (Å²) in [5.74, 6) is -0.0328. The quantitative estimate of drug-likeness (QED) is 0.733. The van der Waals surface area contributed by atoms with Crippen molar-refractivity contribution in [2.45, 2.75) is 19.4 Å². The fourth-order valence-corrected chi connectivity index (χ4v) is 3.21. The first-order valence-corrected chi connectivity index (χ1v) is 8.82. The van der Waals surface area contributed by atoms with Crippen LogP contribution in [0.1, 0.15) is 34.8 Å². The van der Waals surface area contributed by atoms with E-state index in [1.165, 1.54) is 11.3 Å². The van der Waals surface area contributed by atoms with Crippen LogP contribution in [-0.4, -0.2) is 39.6 Å². The van der Waals surface area contributed by atoms with Gasteiger partial charge >= 0.3 is 0 Å². The Morgan fingerprint density at radius 1 is 1.36 bits per heavy atom. The van der Waals surface area contributed by atoms with Crippen molar-refractivity contribution < 1.29 is 14.4 Å². The van der Waals surface area contributed by atoms with Gasteiger partial charge in [0, 0.05) is 31.9 Å². The maximum Gasteiger partial charge on any atom is 0.259 e. The SMILES string of the molecule is CC(O)c1onc(-c2cccs2)c1C(=O)N(C)CCc1ccccn1. The van der Waals surface area contributed by atoms with Gasteiger partial charge in [-0.05, 0) is 30.5 Å². The molecule has 25 heavy (non-hydrogen) atoms. The van der Waals surface area contributed by atoms with E-state index in [2.05, 4.69) is 10.1 Å². The highest BCUT2D eigenvalue weighted by Gasteiger charge is 2.29.